The Morgan fingerprint density at radius 3 is 2.91 bits per heavy atom. The molecular formula is C19H21NO2. The molecule has 0 spiro atoms. The minimum absolute atomic E-state index is 0.252. The monoisotopic (exact) mass is 295 g/mol. The number of fused-ring (bicyclic) bond motifs is 2. The number of aromatic hydroxyl groups is 1. The topological polar surface area (TPSA) is 32.7 Å². The minimum Gasteiger partial charge on any atom is -0.508 e. The summed E-state index contributed by atoms with van der Waals surface area (Å²) in [5.41, 5.74) is 5.15. The van der Waals surface area contributed by atoms with E-state index in [9.17, 15) is 5.11 Å². The normalized spacial score (nSPS) is 20.9. The molecule has 0 amide bonds. The van der Waals surface area contributed by atoms with Crippen LogP contribution in [-0.2, 0) is 12.8 Å². The highest BCUT2D eigenvalue weighted by atomic mass is 16.5. The summed E-state index contributed by atoms with van der Waals surface area (Å²) >= 11 is 0. The van der Waals surface area contributed by atoms with Gasteiger partial charge in [0, 0.05) is 31.0 Å². The smallest absolute Gasteiger partial charge is 0.126 e. The summed E-state index contributed by atoms with van der Waals surface area (Å²) in [5, 5.41) is 9.96. The molecule has 0 aliphatic carbocycles. The lowest BCUT2D eigenvalue weighted by Gasteiger charge is -2.23. The summed E-state index contributed by atoms with van der Waals surface area (Å²) in [6.07, 6.45) is 2.02. The van der Waals surface area contributed by atoms with E-state index >= 15 is 0 Å². The van der Waals surface area contributed by atoms with Crippen molar-refractivity contribution in [1.29, 1.82) is 0 Å². The first-order chi connectivity index (χ1) is 10.7. The summed E-state index contributed by atoms with van der Waals surface area (Å²) in [4.78, 5) is 2.37. The molecule has 2 aliphatic heterocycles. The highest BCUT2D eigenvalue weighted by Crippen LogP contribution is 2.40. The number of phenolic OH excluding ortho intramolecular Hbond substituents is 1. The minimum atomic E-state index is 0.252. The number of rotatable bonds is 1. The maximum absolute atomic E-state index is 9.96. The SMILES string of the molecule is CN1CCc2ccc(O)cc2C(c2cccc3c2OCC3)C1. The molecule has 1 atom stereocenters. The zero-order valence-corrected chi connectivity index (χ0v) is 12.9. The van der Waals surface area contributed by atoms with Crippen molar-refractivity contribution >= 4 is 0 Å². The Balaban J connectivity index is 1.87. The quantitative estimate of drug-likeness (QED) is 0.878. The second kappa shape index (κ2) is 5.33. The van der Waals surface area contributed by atoms with Crippen molar-refractivity contribution in [3.8, 4) is 11.5 Å². The van der Waals surface area contributed by atoms with E-state index in [4.69, 9.17) is 4.74 Å². The predicted octanol–water partition coefficient (Wildman–Crippen LogP) is 2.95. The van der Waals surface area contributed by atoms with Gasteiger partial charge in [0.1, 0.15) is 11.5 Å². The Kier molecular flexibility index (Phi) is 3.30. The third-order valence-electron chi connectivity index (χ3n) is 4.88. The van der Waals surface area contributed by atoms with Crippen LogP contribution < -0.4 is 4.74 Å². The molecule has 0 bridgehead atoms. The van der Waals surface area contributed by atoms with Crippen molar-refractivity contribution in [3.63, 3.8) is 0 Å². The summed E-state index contributed by atoms with van der Waals surface area (Å²) in [5.74, 6) is 1.67. The van der Waals surface area contributed by atoms with Crippen molar-refractivity contribution in [2.75, 3.05) is 26.7 Å². The van der Waals surface area contributed by atoms with Crippen LogP contribution in [-0.4, -0.2) is 36.8 Å². The number of hydrogen-bond acceptors (Lipinski definition) is 3. The Bertz CT molecular complexity index is 711. The van der Waals surface area contributed by atoms with Gasteiger partial charge in [-0.1, -0.05) is 24.3 Å². The van der Waals surface area contributed by atoms with Gasteiger partial charge in [-0.15, -0.1) is 0 Å². The molecule has 0 radical (unpaired) electrons. The highest BCUT2D eigenvalue weighted by Gasteiger charge is 2.28. The van der Waals surface area contributed by atoms with E-state index in [0.29, 0.717) is 5.75 Å². The van der Waals surface area contributed by atoms with Crippen LogP contribution in [0, 0.1) is 0 Å². The van der Waals surface area contributed by atoms with Crippen LogP contribution in [0.2, 0.25) is 0 Å². The van der Waals surface area contributed by atoms with Gasteiger partial charge in [0.25, 0.3) is 0 Å². The van der Waals surface area contributed by atoms with E-state index < -0.39 is 0 Å². The van der Waals surface area contributed by atoms with Crippen LogP contribution in [0.15, 0.2) is 36.4 Å². The fraction of sp³-hybridized carbons (Fsp3) is 0.368. The lowest BCUT2D eigenvalue weighted by molar-refractivity contribution is 0.327. The van der Waals surface area contributed by atoms with Gasteiger partial charge in [-0.2, -0.15) is 0 Å². The summed E-state index contributed by atoms with van der Waals surface area (Å²) in [7, 11) is 2.17. The molecule has 0 aromatic heterocycles. The second-order valence-corrected chi connectivity index (χ2v) is 6.38. The van der Waals surface area contributed by atoms with Gasteiger partial charge in [0.15, 0.2) is 0 Å². The number of nitrogens with zero attached hydrogens (tertiary/aromatic N) is 1. The lowest BCUT2D eigenvalue weighted by atomic mass is 9.86. The molecule has 0 saturated heterocycles. The lowest BCUT2D eigenvalue weighted by Crippen LogP contribution is -2.24. The van der Waals surface area contributed by atoms with E-state index in [2.05, 4.69) is 36.2 Å². The van der Waals surface area contributed by atoms with Gasteiger partial charge in [0.2, 0.25) is 0 Å². The van der Waals surface area contributed by atoms with Gasteiger partial charge < -0.3 is 14.7 Å². The van der Waals surface area contributed by atoms with Gasteiger partial charge >= 0.3 is 0 Å². The van der Waals surface area contributed by atoms with Gasteiger partial charge in [-0.3, -0.25) is 0 Å². The summed E-state index contributed by atoms with van der Waals surface area (Å²) < 4.78 is 5.92. The molecule has 1 N–H and O–H groups in total. The maximum Gasteiger partial charge on any atom is 0.126 e. The fourth-order valence-corrected chi connectivity index (χ4v) is 3.73. The second-order valence-electron chi connectivity index (χ2n) is 6.38. The molecule has 1 unspecified atom stereocenters. The van der Waals surface area contributed by atoms with Gasteiger partial charge in [-0.05, 0) is 42.3 Å². The fourth-order valence-electron chi connectivity index (χ4n) is 3.73. The highest BCUT2D eigenvalue weighted by molar-refractivity contribution is 5.52. The first-order valence-electron chi connectivity index (χ1n) is 7.97. The molecule has 3 heteroatoms. The number of likely N-dealkylation sites (N-methyl/N-ethyl adjacent to an activating group) is 1. The van der Waals surface area contributed by atoms with E-state index in [1.807, 2.05) is 6.07 Å². The number of para-hydroxylation sites is 1. The van der Waals surface area contributed by atoms with Gasteiger partial charge in [-0.25, -0.2) is 0 Å². The van der Waals surface area contributed by atoms with Crippen molar-refractivity contribution in [2.24, 2.45) is 0 Å². The van der Waals surface area contributed by atoms with Crippen LogP contribution >= 0.6 is 0 Å². The molecule has 2 aromatic rings. The Morgan fingerprint density at radius 1 is 1.09 bits per heavy atom. The van der Waals surface area contributed by atoms with E-state index in [1.165, 1.54) is 22.3 Å². The number of phenols is 1. The standard InChI is InChI=1S/C19H21NO2/c1-20-9-7-13-5-6-15(21)11-17(13)18(12-20)16-4-2-3-14-8-10-22-19(14)16/h2-6,11,18,21H,7-10,12H2,1H3. The number of hydrogen-bond donors (Lipinski definition) is 1. The van der Waals surface area contributed by atoms with Crippen LogP contribution in [0.5, 0.6) is 11.5 Å². The van der Waals surface area contributed by atoms with Crippen LogP contribution in [0.4, 0.5) is 0 Å². The zero-order valence-electron chi connectivity index (χ0n) is 12.9. The Morgan fingerprint density at radius 2 is 2.00 bits per heavy atom. The van der Waals surface area contributed by atoms with Crippen LogP contribution in [0.1, 0.15) is 28.2 Å². The largest absolute Gasteiger partial charge is 0.508 e. The van der Waals surface area contributed by atoms with Crippen molar-refractivity contribution in [2.45, 2.75) is 18.8 Å². The molecule has 0 fully saturated rings. The molecule has 2 heterocycles. The molecule has 3 nitrogen and oxygen atoms in total. The molecular weight excluding hydrogens is 274 g/mol. The Hall–Kier alpha value is -2.00. The van der Waals surface area contributed by atoms with Crippen LogP contribution in [0.25, 0.3) is 0 Å². The predicted molar refractivity (Wildman–Crippen MR) is 86.8 cm³/mol. The number of ether oxygens (including phenoxy) is 1. The average Bonchev–Trinajstić information content (AvgIpc) is 2.94. The maximum atomic E-state index is 9.96. The Labute approximate surface area is 131 Å². The van der Waals surface area contributed by atoms with Crippen molar-refractivity contribution in [3.05, 3.63) is 58.7 Å². The first kappa shape index (κ1) is 13.6. The van der Waals surface area contributed by atoms with E-state index in [-0.39, 0.29) is 5.92 Å². The molecule has 114 valence electrons. The molecule has 2 aliphatic rings. The third-order valence-corrected chi connectivity index (χ3v) is 4.88. The van der Waals surface area contributed by atoms with Crippen LogP contribution in [0.3, 0.4) is 0 Å². The average molecular weight is 295 g/mol. The summed E-state index contributed by atoms with van der Waals surface area (Å²) in [6.45, 7) is 2.78. The van der Waals surface area contributed by atoms with E-state index in [0.717, 1.165) is 38.3 Å². The summed E-state index contributed by atoms with van der Waals surface area (Å²) in [6, 6.07) is 12.3. The van der Waals surface area contributed by atoms with E-state index in [1.54, 1.807) is 6.07 Å². The van der Waals surface area contributed by atoms with Crippen molar-refractivity contribution < 1.29 is 9.84 Å². The third kappa shape index (κ3) is 2.26. The molecule has 2 aromatic carbocycles. The molecule has 22 heavy (non-hydrogen) atoms. The molecule has 0 saturated carbocycles. The van der Waals surface area contributed by atoms with Gasteiger partial charge in [0.05, 0.1) is 6.61 Å². The zero-order chi connectivity index (χ0) is 15.1. The molecule has 4 rings (SSSR count). The number of benzene rings is 2. The van der Waals surface area contributed by atoms with Crippen molar-refractivity contribution in [1.82, 2.24) is 4.90 Å². The first-order valence-corrected chi connectivity index (χ1v) is 7.97.